The molecule has 0 aromatic rings. The van der Waals surface area contributed by atoms with Crippen molar-refractivity contribution in [1.82, 2.24) is 0 Å². The third kappa shape index (κ3) is 0.942. The summed E-state index contributed by atoms with van der Waals surface area (Å²) in [5, 5.41) is 0. The van der Waals surface area contributed by atoms with Crippen molar-refractivity contribution in [1.29, 1.82) is 0 Å². The Morgan fingerprint density at radius 2 is 2.29 bits per heavy atom. The molecular formula is C6H13N. The average molecular weight is 99.2 g/mol. The second-order valence-electron chi connectivity index (χ2n) is 2.43. The highest BCUT2D eigenvalue weighted by atomic mass is 15.2. The van der Waals surface area contributed by atoms with Gasteiger partial charge in [0, 0.05) is 0 Å². The highest BCUT2D eigenvalue weighted by Gasteiger charge is 2.21. The van der Waals surface area contributed by atoms with Crippen LogP contribution in [-0.4, -0.2) is 13.1 Å². The van der Waals surface area contributed by atoms with Gasteiger partial charge in [-0.05, 0) is 6.42 Å². The minimum Gasteiger partial charge on any atom is -0.467 e. The van der Waals surface area contributed by atoms with Gasteiger partial charge >= 0.3 is 0 Å². The Kier molecular flexibility index (Phi) is 1.33. The van der Waals surface area contributed by atoms with Crippen molar-refractivity contribution in [2.75, 3.05) is 13.1 Å². The van der Waals surface area contributed by atoms with Gasteiger partial charge in [0.2, 0.25) is 0 Å². The maximum atomic E-state index is 3.86. The van der Waals surface area contributed by atoms with Crippen LogP contribution in [0, 0.1) is 13.0 Å². The third-order valence-electron chi connectivity index (χ3n) is 1.73. The molecule has 0 aromatic heterocycles. The highest BCUT2D eigenvalue weighted by molar-refractivity contribution is 4.59. The summed E-state index contributed by atoms with van der Waals surface area (Å²) < 4.78 is 0. The molecule has 7 heavy (non-hydrogen) atoms. The molecule has 1 heterocycles. The van der Waals surface area contributed by atoms with Gasteiger partial charge in [-0.2, -0.15) is 7.05 Å². The summed E-state index contributed by atoms with van der Waals surface area (Å²) >= 11 is 0. The van der Waals surface area contributed by atoms with Gasteiger partial charge in [-0.15, -0.1) is 0 Å². The van der Waals surface area contributed by atoms with Crippen LogP contribution in [0.1, 0.15) is 13.3 Å². The lowest BCUT2D eigenvalue weighted by atomic mass is 9.99. The van der Waals surface area contributed by atoms with E-state index < -0.39 is 0 Å². The average Bonchev–Trinajstić information content (AvgIpc) is 1.58. The maximum Gasteiger partial charge on any atom is 0.0612 e. The summed E-state index contributed by atoms with van der Waals surface area (Å²) in [4.78, 5) is 1.45. The Morgan fingerprint density at radius 1 is 1.71 bits per heavy atom. The van der Waals surface area contributed by atoms with Crippen LogP contribution in [0.25, 0.3) is 0 Å². The Labute approximate surface area is 45.3 Å². The van der Waals surface area contributed by atoms with E-state index in [2.05, 4.69) is 14.0 Å². The zero-order valence-electron chi connectivity index (χ0n) is 4.91. The Balaban J connectivity index is 2.06. The van der Waals surface area contributed by atoms with Crippen molar-refractivity contribution in [3.63, 3.8) is 0 Å². The summed E-state index contributed by atoms with van der Waals surface area (Å²) in [6, 6.07) is 0. The summed E-state index contributed by atoms with van der Waals surface area (Å²) in [5.41, 5.74) is 0. The summed E-state index contributed by atoms with van der Waals surface area (Å²) in [5.74, 6) is 0.993. The standard InChI is InChI=1S/C6H13N/c1-3-6-4-7(2)5-6/h6-7H,2-5H2,1H3. The van der Waals surface area contributed by atoms with E-state index in [0.717, 1.165) is 5.92 Å². The lowest BCUT2D eigenvalue weighted by molar-refractivity contribution is -0.907. The number of rotatable bonds is 1. The second kappa shape index (κ2) is 1.83. The zero-order chi connectivity index (χ0) is 5.28. The molecule has 0 saturated carbocycles. The van der Waals surface area contributed by atoms with Gasteiger partial charge in [0.1, 0.15) is 0 Å². The largest absolute Gasteiger partial charge is 0.467 e. The van der Waals surface area contributed by atoms with Crippen molar-refractivity contribution >= 4 is 0 Å². The SMILES string of the molecule is [CH2-][NH+]1CC(CC)C1. The van der Waals surface area contributed by atoms with E-state index >= 15 is 0 Å². The van der Waals surface area contributed by atoms with Crippen LogP contribution in [0.2, 0.25) is 0 Å². The Hall–Kier alpha value is -0.0400. The molecule has 0 unspecified atom stereocenters. The van der Waals surface area contributed by atoms with Gasteiger partial charge < -0.3 is 4.90 Å². The molecule has 0 radical (unpaired) electrons. The third-order valence-corrected chi connectivity index (χ3v) is 1.73. The van der Waals surface area contributed by atoms with E-state index in [-0.39, 0.29) is 0 Å². The van der Waals surface area contributed by atoms with Crippen molar-refractivity contribution in [3.8, 4) is 0 Å². The van der Waals surface area contributed by atoms with Crippen LogP contribution in [0.5, 0.6) is 0 Å². The van der Waals surface area contributed by atoms with Gasteiger partial charge in [-0.25, -0.2) is 0 Å². The van der Waals surface area contributed by atoms with Crippen LogP contribution in [0.15, 0.2) is 0 Å². The molecule has 0 spiro atoms. The van der Waals surface area contributed by atoms with E-state index in [1.807, 2.05) is 0 Å². The van der Waals surface area contributed by atoms with Crippen molar-refractivity contribution in [2.45, 2.75) is 13.3 Å². The van der Waals surface area contributed by atoms with E-state index in [1.165, 1.54) is 24.4 Å². The fourth-order valence-electron chi connectivity index (χ4n) is 1.05. The summed E-state index contributed by atoms with van der Waals surface area (Å²) in [6.07, 6.45) is 1.35. The van der Waals surface area contributed by atoms with Crippen molar-refractivity contribution < 1.29 is 4.90 Å². The molecule has 1 N–H and O–H groups in total. The second-order valence-corrected chi connectivity index (χ2v) is 2.43. The van der Waals surface area contributed by atoms with Gasteiger partial charge in [0.15, 0.2) is 0 Å². The minimum atomic E-state index is 0.993. The lowest BCUT2D eigenvalue weighted by Crippen LogP contribution is -3.15. The van der Waals surface area contributed by atoms with Gasteiger partial charge in [-0.1, -0.05) is 6.92 Å². The fourth-order valence-corrected chi connectivity index (χ4v) is 1.05. The topological polar surface area (TPSA) is 4.44 Å². The molecule has 1 aliphatic heterocycles. The van der Waals surface area contributed by atoms with Crippen LogP contribution < -0.4 is 4.90 Å². The molecule has 0 aliphatic carbocycles. The number of nitrogens with one attached hydrogen (secondary N) is 1. The molecule has 1 saturated heterocycles. The number of hydrogen-bond acceptors (Lipinski definition) is 0. The van der Waals surface area contributed by atoms with Crippen molar-refractivity contribution in [3.05, 3.63) is 7.05 Å². The Bertz CT molecular complexity index is 55.2. The molecule has 0 atom stereocenters. The fraction of sp³-hybridized carbons (Fsp3) is 0.833. The van der Waals surface area contributed by atoms with Crippen LogP contribution in [0.4, 0.5) is 0 Å². The molecule has 1 nitrogen and oxygen atoms in total. The molecule has 0 amide bonds. The quantitative estimate of drug-likeness (QED) is 0.431. The van der Waals surface area contributed by atoms with Crippen LogP contribution in [-0.2, 0) is 0 Å². The zero-order valence-corrected chi connectivity index (χ0v) is 4.91. The monoisotopic (exact) mass is 99.1 g/mol. The molecule has 1 fully saturated rings. The normalized spacial score (nSPS) is 40.3. The predicted molar refractivity (Wildman–Crippen MR) is 29.8 cm³/mol. The molecule has 1 heteroatoms. The number of hydrogen-bond donors (Lipinski definition) is 1. The molecule has 1 rings (SSSR count). The van der Waals surface area contributed by atoms with E-state index in [4.69, 9.17) is 0 Å². The van der Waals surface area contributed by atoms with Gasteiger partial charge in [0.05, 0.1) is 19.0 Å². The predicted octanol–water partition coefficient (Wildman–Crippen LogP) is -0.297. The summed E-state index contributed by atoms with van der Waals surface area (Å²) in [7, 11) is 3.86. The number of quaternary nitrogens is 1. The maximum absolute atomic E-state index is 3.86. The van der Waals surface area contributed by atoms with Gasteiger partial charge in [-0.3, -0.25) is 0 Å². The van der Waals surface area contributed by atoms with Crippen molar-refractivity contribution in [2.24, 2.45) is 5.92 Å². The minimum absolute atomic E-state index is 0.993. The smallest absolute Gasteiger partial charge is 0.0612 e. The lowest BCUT2D eigenvalue weighted by Gasteiger charge is -2.37. The molecule has 0 bridgehead atoms. The van der Waals surface area contributed by atoms with Gasteiger partial charge in [0.25, 0.3) is 0 Å². The molecule has 42 valence electrons. The molecule has 0 aromatic carbocycles. The van der Waals surface area contributed by atoms with E-state index in [0.29, 0.717) is 0 Å². The Morgan fingerprint density at radius 3 is 2.43 bits per heavy atom. The van der Waals surface area contributed by atoms with E-state index in [1.54, 1.807) is 0 Å². The first-order chi connectivity index (χ1) is 3.33. The first-order valence-corrected chi connectivity index (χ1v) is 2.99. The molecule has 1 aliphatic rings. The van der Waals surface area contributed by atoms with Crippen LogP contribution in [0.3, 0.4) is 0 Å². The molecular weight excluding hydrogens is 86.1 g/mol. The van der Waals surface area contributed by atoms with E-state index in [9.17, 15) is 0 Å². The highest BCUT2D eigenvalue weighted by Crippen LogP contribution is 2.00. The summed E-state index contributed by atoms with van der Waals surface area (Å²) in [6.45, 7) is 4.85. The number of likely N-dealkylation sites (tertiary alicyclic amines) is 1. The first kappa shape index (κ1) is 5.10. The first-order valence-electron chi connectivity index (χ1n) is 2.99. The van der Waals surface area contributed by atoms with Crippen LogP contribution >= 0.6 is 0 Å².